The Hall–Kier alpha value is -0.330. The first kappa shape index (κ1) is 19.7. The normalized spacial score (nSPS) is 12.8. The molecule has 2 N–H and O–H groups in total. The van der Waals surface area contributed by atoms with Gasteiger partial charge in [-0.2, -0.15) is 8.42 Å². The Morgan fingerprint density at radius 1 is 1.25 bits per heavy atom. The second-order valence-electron chi connectivity index (χ2n) is 4.91. The van der Waals surface area contributed by atoms with E-state index in [1.807, 2.05) is 12.1 Å². The molecule has 0 spiro atoms. The summed E-state index contributed by atoms with van der Waals surface area (Å²) in [5.41, 5.74) is 0.984. The average molecular weight is 343 g/mol. The lowest BCUT2D eigenvalue weighted by Crippen LogP contribution is -2.08. The Kier molecular flexibility index (Phi) is 8.70. The molecule has 0 saturated carbocycles. The highest BCUT2D eigenvalue weighted by molar-refractivity contribution is 7.85. The first-order valence-corrected chi connectivity index (χ1v) is 8.63. The number of rotatable bonds is 4. The van der Waals surface area contributed by atoms with Crippen LogP contribution in [0.15, 0.2) is 18.2 Å². The van der Waals surface area contributed by atoms with Gasteiger partial charge in [-0.1, -0.05) is 43.1 Å². The largest absolute Gasteiger partial charge is 0.396 e. The molecule has 1 aromatic carbocycles. The van der Waals surface area contributed by atoms with E-state index < -0.39 is 10.1 Å². The third kappa shape index (κ3) is 9.55. The van der Waals surface area contributed by atoms with Crippen molar-refractivity contribution in [3.63, 3.8) is 0 Å². The molecule has 0 amide bonds. The second kappa shape index (κ2) is 8.85. The van der Waals surface area contributed by atoms with Crippen molar-refractivity contribution in [1.82, 2.24) is 0 Å². The van der Waals surface area contributed by atoms with Crippen molar-refractivity contribution < 1.29 is 18.1 Å². The van der Waals surface area contributed by atoms with E-state index in [-0.39, 0.29) is 12.5 Å². The summed E-state index contributed by atoms with van der Waals surface area (Å²) in [4.78, 5) is 0. The van der Waals surface area contributed by atoms with E-state index in [4.69, 9.17) is 27.8 Å². The number of aliphatic hydroxyl groups excluding tert-OH is 1. The standard InChI is InChI=1S/C12H16Cl2O.CH4O3S/c1-8(2)5-9(7-15)11-4-3-10(13)6-12(11)14;1-5(2,3)4/h3-4,6,8-9,15H,5,7H2,1-2H3;1H3,(H,2,3,4). The van der Waals surface area contributed by atoms with E-state index >= 15 is 0 Å². The molecule has 0 bridgehead atoms. The predicted octanol–water partition coefficient (Wildman–Crippen LogP) is 3.62. The summed E-state index contributed by atoms with van der Waals surface area (Å²) >= 11 is 11.9. The molecule has 1 rings (SSSR count). The van der Waals surface area contributed by atoms with Gasteiger partial charge in [-0.05, 0) is 30.0 Å². The lowest BCUT2D eigenvalue weighted by atomic mass is 9.91. The molecule has 0 heterocycles. The first-order chi connectivity index (χ1) is 9.04. The van der Waals surface area contributed by atoms with Gasteiger partial charge in [-0.15, -0.1) is 0 Å². The highest BCUT2D eigenvalue weighted by Gasteiger charge is 2.15. The zero-order valence-electron chi connectivity index (χ0n) is 11.7. The van der Waals surface area contributed by atoms with E-state index in [9.17, 15) is 13.5 Å². The molecule has 1 unspecified atom stereocenters. The molecule has 1 atom stereocenters. The molecule has 20 heavy (non-hydrogen) atoms. The van der Waals surface area contributed by atoms with Crippen LogP contribution in [-0.4, -0.2) is 30.9 Å². The van der Waals surface area contributed by atoms with E-state index in [2.05, 4.69) is 13.8 Å². The summed E-state index contributed by atoms with van der Waals surface area (Å²) in [5, 5.41) is 10.6. The molecule has 0 aliphatic heterocycles. The van der Waals surface area contributed by atoms with Crippen molar-refractivity contribution in [3.8, 4) is 0 Å². The van der Waals surface area contributed by atoms with Crippen LogP contribution in [0, 0.1) is 5.92 Å². The van der Waals surface area contributed by atoms with Gasteiger partial charge in [-0.3, -0.25) is 4.55 Å². The molecule has 1 aromatic rings. The van der Waals surface area contributed by atoms with Gasteiger partial charge in [0.2, 0.25) is 0 Å². The molecule has 0 aromatic heterocycles. The van der Waals surface area contributed by atoms with Gasteiger partial charge in [0.25, 0.3) is 10.1 Å². The third-order valence-electron chi connectivity index (χ3n) is 2.38. The minimum absolute atomic E-state index is 0.106. The zero-order valence-corrected chi connectivity index (χ0v) is 14.0. The molecule has 0 saturated heterocycles. The highest BCUT2D eigenvalue weighted by atomic mass is 35.5. The lowest BCUT2D eigenvalue weighted by Gasteiger charge is -2.18. The van der Waals surface area contributed by atoms with Crippen LogP contribution in [0.25, 0.3) is 0 Å². The van der Waals surface area contributed by atoms with Gasteiger partial charge < -0.3 is 5.11 Å². The molecule has 0 fully saturated rings. The van der Waals surface area contributed by atoms with Crippen molar-refractivity contribution in [2.24, 2.45) is 5.92 Å². The summed E-state index contributed by atoms with van der Waals surface area (Å²) in [6, 6.07) is 5.43. The summed E-state index contributed by atoms with van der Waals surface area (Å²) in [6.45, 7) is 4.39. The van der Waals surface area contributed by atoms with Gasteiger partial charge >= 0.3 is 0 Å². The SMILES string of the molecule is CC(C)CC(CO)c1ccc(Cl)cc1Cl.CS(=O)(=O)O. The highest BCUT2D eigenvalue weighted by Crippen LogP contribution is 2.31. The average Bonchev–Trinajstić information content (AvgIpc) is 2.24. The van der Waals surface area contributed by atoms with Gasteiger partial charge in [-0.25, -0.2) is 0 Å². The summed E-state index contributed by atoms with van der Waals surface area (Å²) < 4.78 is 25.9. The molecular formula is C13H20Cl2O4S. The Labute approximate surface area is 130 Å². The maximum Gasteiger partial charge on any atom is 0.261 e. The molecule has 0 aliphatic carbocycles. The molecular weight excluding hydrogens is 323 g/mol. The summed E-state index contributed by atoms with van der Waals surface area (Å²) in [5.74, 6) is 0.642. The van der Waals surface area contributed by atoms with Gasteiger partial charge in [0.15, 0.2) is 0 Å². The van der Waals surface area contributed by atoms with Gasteiger partial charge in [0, 0.05) is 22.6 Å². The van der Waals surface area contributed by atoms with Crippen LogP contribution in [0.3, 0.4) is 0 Å². The van der Waals surface area contributed by atoms with Crippen molar-refractivity contribution in [1.29, 1.82) is 0 Å². The summed E-state index contributed by atoms with van der Waals surface area (Å²) in [7, 11) is -3.67. The van der Waals surface area contributed by atoms with Gasteiger partial charge in [0.05, 0.1) is 6.26 Å². The quantitative estimate of drug-likeness (QED) is 0.819. The van der Waals surface area contributed by atoms with Crippen LogP contribution in [0.4, 0.5) is 0 Å². The fourth-order valence-corrected chi connectivity index (χ4v) is 2.26. The number of hydrogen-bond donors (Lipinski definition) is 2. The molecule has 0 radical (unpaired) electrons. The number of aliphatic hydroxyl groups is 1. The Bertz CT molecular complexity index is 507. The smallest absolute Gasteiger partial charge is 0.261 e. The van der Waals surface area contributed by atoms with E-state index in [1.165, 1.54) is 0 Å². The fraction of sp³-hybridized carbons (Fsp3) is 0.538. The monoisotopic (exact) mass is 342 g/mol. The lowest BCUT2D eigenvalue weighted by molar-refractivity contribution is 0.249. The van der Waals surface area contributed by atoms with E-state index in [0.717, 1.165) is 12.0 Å². The maximum absolute atomic E-state index is 9.33. The zero-order chi connectivity index (χ0) is 15.9. The van der Waals surface area contributed by atoms with E-state index in [0.29, 0.717) is 22.2 Å². The minimum atomic E-state index is -3.67. The fourth-order valence-electron chi connectivity index (χ4n) is 1.70. The molecule has 0 aliphatic rings. The maximum atomic E-state index is 9.33. The van der Waals surface area contributed by atoms with Crippen molar-refractivity contribution in [2.45, 2.75) is 26.2 Å². The van der Waals surface area contributed by atoms with Crippen LogP contribution in [0.2, 0.25) is 10.0 Å². The Balaban J connectivity index is 0.000000621. The number of benzene rings is 1. The van der Waals surface area contributed by atoms with Crippen LogP contribution < -0.4 is 0 Å². The molecule has 7 heteroatoms. The van der Waals surface area contributed by atoms with Crippen LogP contribution >= 0.6 is 23.2 Å². The van der Waals surface area contributed by atoms with Gasteiger partial charge in [0.1, 0.15) is 0 Å². The second-order valence-corrected chi connectivity index (χ2v) is 7.22. The van der Waals surface area contributed by atoms with Crippen LogP contribution in [0.1, 0.15) is 31.7 Å². The number of hydrogen-bond acceptors (Lipinski definition) is 3. The first-order valence-electron chi connectivity index (χ1n) is 6.02. The third-order valence-corrected chi connectivity index (χ3v) is 2.94. The number of halogens is 2. The minimum Gasteiger partial charge on any atom is -0.396 e. The summed E-state index contributed by atoms with van der Waals surface area (Å²) in [6.07, 6.45) is 1.64. The Morgan fingerprint density at radius 2 is 1.75 bits per heavy atom. The van der Waals surface area contributed by atoms with Crippen molar-refractivity contribution in [2.75, 3.05) is 12.9 Å². The predicted molar refractivity (Wildman–Crippen MR) is 83.2 cm³/mol. The van der Waals surface area contributed by atoms with Crippen molar-refractivity contribution >= 4 is 33.3 Å². The molecule has 116 valence electrons. The van der Waals surface area contributed by atoms with E-state index in [1.54, 1.807) is 6.07 Å². The van der Waals surface area contributed by atoms with Crippen molar-refractivity contribution in [3.05, 3.63) is 33.8 Å². The van der Waals surface area contributed by atoms with Crippen LogP contribution in [-0.2, 0) is 10.1 Å². The Morgan fingerprint density at radius 3 is 2.10 bits per heavy atom. The topological polar surface area (TPSA) is 74.6 Å². The van der Waals surface area contributed by atoms with Crippen LogP contribution in [0.5, 0.6) is 0 Å². The molecule has 4 nitrogen and oxygen atoms in total.